The van der Waals surface area contributed by atoms with Gasteiger partial charge in [0.25, 0.3) is 0 Å². The molecule has 1 atom stereocenters. The molecule has 1 fully saturated rings. The smallest absolute Gasteiger partial charge is 0.227 e. The molecule has 104 valence electrons. The molecule has 1 aliphatic rings. The third-order valence-electron chi connectivity index (χ3n) is 3.71. The second kappa shape index (κ2) is 6.66. The van der Waals surface area contributed by atoms with Gasteiger partial charge in [-0.2, -0.15) is 0 Å². The zero-order valence-corrected chi connectivity index (χ0v) is 11.1. The van der Waals surface area contributed by atoms with Crippen molar-refractivity contribution in [3.63, 3.8) is 0 Å². The Labute approximate surface area is 113 Å². The van der Waals surface area contributed by atoms with E-state index in [2.05, 4.69) is 0 Å². The molecule has 0 bridgehead atoms. The molecule has 0 radical (unpaired) electrons. The second-order valence-electron chi connectivity index (χ2n) is 5.13. The average molecular weight is 264 g/mol. The Morgan fingerprint density at radius 2 is 2.21 bits per heavy atom. The fourth-order valence-electron chi connectivity index (χ4n) is 2.67. The van der Waals surface area contributed by atoms with Crippen molar-refractivity contribution in [3.05, 3.63) is 35.6 Å². The molecule has 1 amide bonds. The maximum absolute atomic E-state index is 13.1. The van der Waals surface area contributed by atoms with Gasteiger partial charge < -0.3 is 10.6 Å². The van der Waals surface area contributed by atoms with Gasteiger partial charge in [-0.15, -0.1) is 0 Å². The van der Waals surface area contributed by atoms with Crippen LogP contribution >= 0.6 is 0 Å². The quantitative estimate of drug-likeness (QED) is 0.908. The van der Waals surface area contributed by atoms with Gasteiger partial charge in [-0.25, -0.2) is 4.39 Å². The normalized spacial score (nSPS) is 20.1. The maximum atomic E-state index is 13.1. The van der Waals surface area contributed by atoms with Crippen LogP contribution in [0, 0.1) is 5.82 Å². The van der Waals surface area contributed by atoms with Gasteiger partial charge in [0, 0.05) is 19.1 Å². The molecule has 1 saturated heterocycles. The number of carbonyl (C=O) groups is 1. The molecule has 0 saturated carbocycles. The molecule has 0 aromatic heterocycles. The van der Waals surface area contributed by atoms with E-state index in [0.29, 0.717) is 6.54 Å². The third-order valence-corrected chi connectivity index (χ3v) is 3.71. The summed E-state index contributed by atoms with van der Waals surface area (Å²) in [5, 5.41) is 0. The number of rotatable bonds is 3. The number of nitrogens with two attached hydrogens (primary N) is 1. The van der Waals surface area contributed by atoms with Crippen molar-refractivity contribution in [2.24, 2.45) is 5.73 Å². The van der Waals surface area contributed by atoms with Gasteiger partial charge in [-0.3, -0.25) is 4.79 Å². The van der Waals surface area contributed by atoms with Gasteiger partial charge in [-0.1, -0.05) is 25.0 Å². The molecule has 1 aromatic carbocycles. The molecule has 3 nitrogen and oxygen atoms in total. The SMILES string of the molecule is NCC1CCCCCN1C(=O)Cc1cccc(F)c1. The van der Waals surface area contributed by atoms with E-state index in [4.69, 9.17) is 5.73 Å². The zero-order chi connectivity index (χ0) is 13.7. The third kappa shape index (κ3) is 3.77. The highest BCUT2D eigenvalue weighted by atomic mass is 19.1. The predicted molar refractivity (Wildman–Crippen MR) is 73.1 cm³/mol. The predicted octanol–water partition coefficient (Wildman–Crippen LogP) is 2.10. The van der Waals surface area contributed by atoms with Crippen LogP contribution < -0.4 is 5.73 Å². The summed E-state index contributed by atoms with van der Waals surface area (Å²) in [6.45, 7) is 1.28. The minimum atomic E-state index is -0.295. The van der Waals surface area contributed by atoms with Crippen LogP contribution in [-0.4, -0.2) is 29.9 Å². The van der Waals surface area contributed by atoms with Crippen LogP contribution in [0.25, 0.3) is 0 Å². The Bertz CT molecular complexity index is 436. The molecule has 2 N–H and O–H groups in total. The highest BCUT2D eigenvalue weighted by Gasteiger charge is 2.24. The molecule has 0 aliphatic carbocycles. The van der Waals surface area contributed by atoms with Gasteiger partial charge in [0.05, 0.1) is 6.42 Å². The molecule has 1 unspecified atom stereocenters. The molecule has 2 rings (SSSR count). The van der Waals surface area contributed by atoms with Crippen LogP contribution in [0.5, 0.6) is 0 Å². The van der Waals surface area contributed by atoms with Crippen molar-refractivity contribution >= 4 is 5.91 Å². The molecule has 1 heterocycles. The van der Waals surface area contributed by atoms with Crippen LogP contribution in [0.4, 0.5) is 4.39 Å². The summed E-state index contributed by atoms with van der Waals surface area (Å²) < 4.78 is 13.1. The van der Waals surface area contributed by atoms with E-state index in [-0.39, 0.29) is 24.2 Å². The van der Waals surface area contributed by atoms with Crippen molar-refractivity contribution < 1.29 is 9.18 Å². The van der Waals surface area contributed by atoms with Crippen LogP contribution in [0.15, 0.2) is 24.3 Å². The summed E-state index contributed by atoms with van der Waals surface area (Å²) in [6.07, 6.45) is 4.55. The Hall–Kier alpha value is -1.42. The first-order valence-electron chi connectivity index (χ1n) is 6.94. The lowest BCUT2D eigenvalue weighted by Gasteiger charge is -2.29. The Morgan fingerprint density at radius 3 is 2.95 bits per heavy atom. The number of benzene rings is 1. The number of hydrogen-bond donors (Lipinski definition) is 1. The average Bonchev–Trinajstić information content (AvgIpc) is 2.63. The monoisotopic (exact) mass is 264 g/mol. The van der Waals surface area contributed by atoms with Gasteiger partial charge in [0.1, 0.15) is 5.82 Å². The van der Waals surface area contributed by atoms with Crippen molar-refractivity contribution in [2.75, 3.05) is 13.1 Å². The van der Waals surface area contributed by atoms with E-state index < -0.39 is 0 Å². The van der Waals surface area contributed by atoms with E-state index in [1.807, 2.05) is 4.90 Å². The fourth-order valence-corrected chi connectivity index (χ4v) is 2.67. The van der Waals surface area contributed by atoms with Gasteiger partial charge >= 0.3 is 0 Å². The largest absolute Gasteiger partial charge is 0.338 e. The number of amides is 1. The number of nitrogens with zero attached hydrogens (tertiary/aromatic N) is 1. The Balaban J connectivity index is 2.04. The molecule has 1 aromatic rings. The number of carbonyl (C=O) groups excluding carboxylic acids is 1. The van der Waals surface area contributed by atoms with Crippen LogP contribution in [-0.2, 0) is 11.2 Å². The van der Waals surface area contributed by atoms with E-state index in [1.165, 1.54) is 12.1 Å². The van der Waals surface area contributed by atoms with Crippen LogP contribution in [0.3, 0.4) is 0 Å². The molecule has 0 spiro atoms. The van der Waals surface area contributed by atoms with Crippen LogP contribution in [0.1, 0.15) is 31.2 Å². The summed E-state index contributed by atoms with van der Waals surface area (Å²) in [7, 11) is 0. The van der Waals surface area contributed by atoms with Gasteiger partial charge in [0.15, 0.2) is 0 Å². The highest BCUT2D eigenvalue weighted by Crippen LogP contribution is 2.17. The topological polar surface area (TPSA) is 46.3 Å². The maximum Gasteiger partial charge on any atom is 0.227 e. The Kier molecular flexibility index (Phi) is 4.91. The fraction of sp³-hybridized carbons (Fsp3) is 0.533. The zero-order valence-electron chi connectivity index (χ0n) is 11.1. The summed E-state index contributed by atoms with van der Waals surface area (Å²) in [4.78, 5) is 14.2. The molecular formula is C15H21FN2O. The number of hydrogen-bond acceptors (Lipinski definition) is 2. The molecule has 1 aliphatic heterocycles. The first-order valence-corrected chi connectivity index (χ1v) is 6.94. The van der Waals surface area contributed by atoms with Crippen molar-refractivity contribution in [1.29, 1.82) is 0 Å². The first-order chi connectivity index (χ1) is 9.20. The van der Waals surface area contributed by atoms with Crippen molar-refractivity contribution in [1.82, 2.24) is 4.90 Å². The lowest BCUT2D eigenvalue weighted by Crippen LogP contribution is -2.44. The molecule has 19 heavy (non-hydrogen) atoms. The number of likely N-dealkylation sites (tertiary alicyclic amines) is 1. The first kappa shape index (κ1) is 14.0. The molecular weight excluding hydrogens is 243 g/mol. The van der Waals surface area contributed by atoms with Crippen LogP contribution in [0.2, 0.25) is 0 Å². The summed E-state index contributed by atoms with van der Waals surface area (Å²) in [5.74, 6) is -0.237. The van der Waals surface area contributed by atoms with E-state index in [9.17, 15) is 9.18 Å². The van der Waals surface area contributed by atoms with E-state index in [0.717, 1.165) is 37.8 Å². The van der Waals surface area contributed by atoms with Gasteiger partial charge in [0.2, 0.25) is 5.91 Å². The standard InChI is InChI=1S/C15H21FN2O/c16-13-6-4-5-12(9-13)10-15(19)18-8-3-1-2-7-14(18)11-17/h4-6,9,14H,1-3,7-8,10-11,17H2. The number of halogens is 1. The van der Waals surface area contributed by atoms with Gasteiger partial charge in [-0.05, 0) is 30.5 Å². The molecule has 4 heteroatoms. The summed E-state index contributed by atoms with van der Waals surface area (Å²) in [5.41, 5.74) is 6.49. The van der Waals surface area contributed by atoms with Crippen molar-refractivity contribution in [3.8, 4) is 0 Å². The Morgan fingerprint density at radius 1 is 1.37 bits per heavy atom. The lowest BCUT2D eigenvalue weighted by atomic mass is 10.1. The van der Waals surface area contributed by atoms with Crippen molar-refractivity contribution in [2.45, 2.75) is 38.1 Å². The summed E-state index contributed by atoms with van der Waals surface area (Å²) in [6, 6.07) is 6.39. The highest BCUT2D eigenvalue weighted by molar-refractivity contribution is 5.79. The second-order valence-corrected chi connectivity index (χ2v) is 5.13. The minimum Gasteiger partial charge on any atom is -0.338 e. The minimum absolute atomic E-state index is 0.0583. The summed E-state index contributed by atoms with van der Waals surface area (Å²) >= 11 is 0. The van der Waals surface area contributed by atoms with E-state index in [1.54, 1.807) is 12.1 Å². The lowest BCUT2D eigenvalue weighted by molar-refractivity contribution is -0.132. The van der Waals surface area contributed by atoms with E-state index >= 15 is 0 Å².